The second-order valence-corrected chi connectivity index (χ2v) is 7.50. The van der Waals surface area contributed by atoms with Crippen molar-refractivity contribution in [1.82, 2.24) is 9.29 Å². The monoisotopic (exact) mass is 337 g/mol. The molecule has 0 bridgehead atoms. The second-order valence-electron chi connectivity index (χ2n) is 5.12. The van der Waals surface area contributed by atoms with Crippen LogP contribution in [0.15, 0.2) is 47.5 Å². The van der Waals surface area contributed by atoms with E-state index in [2.05, 4.69) is 10.3 Å². The third-order valence-corrected chi connectivity index (χ3v) is 5.69. The highest BCUT2D eigenvalue weighted by atomic mass is 35.5. The summed E-state index contributed by atoms with van der Waals surface area (Å²) in [5, 5.41) is 3.76. The Morgan fingerprint density at radius 1 is 1.05 bits per heavy atom. The quantitative estimate of drug-likeness (QED) is 0.930. The minimum Gasteiger partial charge on any atom is -0.340 e. The molecule has 2 aromatic rings. The van der Waals surface area contributed by atoms with Crippen molar-refractivity contribution in [2.45, 2.75) is 17.7 Å². The van der Waals surface area contributed by atoms with Crippen molar-refractivity contribution in [3.8, 4) is 0 Å². The normalized spacial score (nSPS) is 15.9. The van der Waals surface area contributed by atoms with Crippen LogP contribution < -0.4 is 5.32 Å². The summed E-state index contributed by atoms with van der Waals surface area (Å²) in [6.07, 6.45) is 3.23. The maximum absolute atomic E-state index is 12.4. The zero-order valence-electron chi connectivity index (χ0n) is 11.9. The van der Waals surface area contributed by atoms with E-state index in [1.165, 1.54) is 10.5 Å². The summed E-state index contributed by atoms with van der Waals surface area (Å²) in [5.74, 6) is 0.586. The first kappa shape index (κ1) is 15.3. The van der Waals surface area contributed by atoms with Crippen LogP contribution in [0.1, 0.15) is 12.8 Å². The molecular formula is C15H16ClN3O2S. The van der Waals surface area contributed by atoms with Gasteiger partial charge in [-0.1, -0.05) is 11.6 Å². The Balaban J connectivity index is 1.76. The van der Waals surface area contributed by atoms with E-state index in [1.54, 1.807) is 24.3 Å². The fraction of sp³-hybridized carbons (Fsp3) is 0.267. The fourth-order valence-electron chi connectivity index (χ4n) is 2.37. The van der Waals surface area contributed by atoms with Crippen molar-refractivity contribution in [1.29, 1.82) is 0 Å². The smallest absolute Gasteiger partial charge is 0.244 e. The van der Waals surface area contributed by atoms with Crippen LogP contribution in [-0.2, 0) is 10.0 Å². The number of nitrogens with one attached hydrogen (secondary N) is 1. The Morgan fingerprint density at radius 2 is 1.73 bits per heavy atom. The van der Waals surface area contributed by atoms with Crippen molar-refractivity contribution in [2.24, 2.45) is 0 Å². The molecule has 0 saturated carbocycles. The number of sulfonamides is 1. The molecule has 1 aliphatic heterocycles. The number of halogens is 1. The third kappa shape index (κ3) is 3.24. The molecule has 1 saturated heterocycles. The summed E-state index contributed by atoms with van der Waals surface area (Å²) in [4.78, 5) is 4.42. The number of pyridine rings is 1. The lowest BCUT2D eigenvalue weighted by atomic mass is 10.3. The van der Waals surface area contributed by atoms with Crippen LogP contribution in [0.4, 0.5) is 11.5 Å². The van der Waals surface area contributed by atoms with Crippen LogP contribution in [0.3, 0.4) is 0 Å². The van der Waals surface area contributed by atoms with Gasteiger partial charge >= 0.3 is 0 Å². The molecule has 1 aromatic heterocycles. The van der Waals surface area contributed by atoms with E-state index in [0.717, 1.165) is 18.5 Å². The largest absolute Gasteiger partial charge is 0.340 e. The number of benzene rings is 1. The van der Waals surface area contributed by atoms with E-state index >= 15 is 0 Å². The summed E-state index contributed by atoms with van der Waals surface area (Å²) < 4.78 is 26.3. The first-order chi connectivity index (χ1) is 10.6. The van der Waals surface area contributed by atoms with Crippen LogP contribution in [0.2, 0.25) is 5.02 Å². The highest BCUT2D eigenvalue weighted by Crippen LogP contribution is 2.22. The number of nitrogens with zero attached hydrogens (tertiary/aromatic N) is 2. The van der Waals surface area contributed by atoms with Crippen molar-refractivity contribution in [3.05, 3.63) is 47.6 Å². The summed E-state index contributed by atoms with van der Waals surface area (Å²) >= 11 is 5.83. The van der Waals surface area contributed by atoms with Crippen LogP contribution in [0, 0.1) is 0 Å². The van der Waals surface area contributed by atoms with Gasteiger partial charge < -0.3 is 5.32 Å². The van der Waals surface area contributed by atoms with Crippen LogP contribution in [0.25, 0.3) is 0 Å². The first-order valence-corrected chi connectivity index (χ1v) is 8.86. The Labute approximate surface area is 135 Å². The van der Waals surface area contributed by atoms with Crippen molar-refractivity contribution < 1.29 is 8.42 Å². The maximum Gasteiger partial charge on any atom is 0.244 e. The average molecular weight is 338 g/mol. The van der Waals surface area contributed by atoms with E-state index in [9.17, 15) is 8.42 Å². The van der Waals surface area contributed by atoms with Crippen molar-refractivity contribution >= 4 is 33.1 Å². The minimum atomic E-state index is -3.41. The molecule has 5 nitrogen and oxygen atoms in total. The number of aromatic nitrogens is 1. The molecule has 1 N–H and O–H groups in total. The molecule has 116 valence electrons. The summed E-state index contributed by atoms with van der Waals surface area (Å²) in [6.45, 7) is 1.18. The summed E-state index contributed by atoms with van der Waals surface area (Å²) in [5.41, 5.74) is 0.840. The van der Waals surface area contributed by atoms with Gasteiger partial charge in [0.15, 0.2) is 0 Å². The van der Waals surface area contributed by atoms with Crippen LogP contribution >= 0.6 is 11.6 Å². The van der Waals surface area contributed by atoms with E-state index < -0.39 is 10.0 Å². The Bertz CT molecular complexity index is 739. The highest BCUT2D eigenvalue weighted by molar-refractivity contribution is 7.89. The molecule has 1 aliphatic rings. The average Bonchev–Trinajstić information content (AvgIpc) is 3.05. The van der Waals surface area contributed by atoms with Crippen molar-refractivity contribution in [2.75, 3.05) is 18.4 Å². The molecule has 3 rings (SSSR count). The lowest BCUT2D eigenvalue weighted by Gasteiger charge is -2.15. The standard InChI is InChI=1S/C15H16ClN3O2S/c16-12-3-5-13(6-4-12)18-15-8-7-14(11-17-15)22(20,21)19-9-1-2-10-19/h3-8,11H,1-2,9-10H2,(H,17,18). The molecule has 0 atom stereocenters. The molecule has 0 aliphatic carbocycles. The number of anilines is 2. The zero-order chi connectivity index (χ0) is 15.6. The molecule has 2 heterocycles. The first-order valence-electron chi connectivity index (χ1n) is 7.04. The molecule has 1 aromatic carbocycles. The van der Waals surface area contributed by atoms with Gasteiger partial charge in [0.25, 0.3) is 0 Å². The predicted molar refractivity (Wildman–Crippen MR) is 87.0 cm³/mol. The highest BCUT2D eigenvalue weighted by Gasteiger charge is 2.27. The lowest BCUT2D eigenvalue weighted by Crippen LogP contribution is -2.27. The zero-order valence-corrected chi connectivity index (χ0v) is 13.4. The van der Waals surface area contributed by atoms with E-state index in [4.69, 9.17) is 11.6 Å². The minimum absolute atomic E-state index is 0.232. The molecule has 0 radical (unpaired) electrons. The van der Waals surface area contributed by atoms with Crippen molar-refractivity contribution in [3.63, 3.8) is 0 Å². The number of rotatable bonds is 4. The Kier molecular flexibility index (Phi) is 4.33. The van der Waals surface area contributed by atoms with Gasteiger partial charge in [-0.2, -0.15) is 4.31 Å². The maximum atomic E-state index is 12.4. The molecule has 0 amide bonds. The molecule has 0 unspecified atom stereocenters. The summed E-state index contributed by atoms with van der Waals surface area (Å²) in [7, 11) is -3.41. The summed E-state index contributed by atoms with van der Waals surface area (Å²) in [6, 6.07) is 10.5. The van der Waals surface area contributed by atoms with Gasteiger partial charge in [-0.3, -0.25) is 0 Å². The van der Waals surface area contributed by atoms with E-state index in [1.807, 2.05) is 12.1 Å². The van der Waals surface area contributed by atoms with Gasteiger partial charge in [-0.05, 0) is 49.2 Å². The van der Waals surface area contributed by atoms with Gasteiger partial charge in [0.1, 0.15) is 10.7 Å². The lowest BCUT2D eigenvalue weighted by molar-refractivity contribution is 0.477. The molecular weight excluding hydrogens is 322 g/mol. The second kappa shape index (κ2) is 6.24. The molecule has 7 heteroatoms. The van der Waals surface area contributed by atoms with Crippen LogP contribution in [0.5, 0.6) is 0 Å². The van der Waals surface area contributed by atoms with Crippen LogP contribution in [-0.4, -0.2) is 30.8 Å². The molecule has 1 fully saturated rings. The van der Waals surface area contributed by atoms with Gasteiger partial charge in [-0.25, -0.2) is 13.4 Å². The Hall–Kier alpha value is -1.63. The molecule has 0 spiro atoms. The third-order valence-electron chi connectivity index (χ3n) is 3.56. The van der Waals surface area contributed by atoms with Gasteiger partial charge in [-0.15, -0.1) is 0 Å². The number of hydrogen-bond acceptors (Lipinski definition) is 4. The van der Waals surface area contributed by atoms with Gasteiger partial charge in [0.2, 0.25) is 10.0 Å². The van der Waals surface area contributed by atoms with E-state index in [-0.39, 0.29) is 4.90 Å². The van der Waals surface area contributed by atoms with Gasteiger partial charge in [0, 0.05) is 30.0 Å². The Morgan fingerprint density at radius 3 is 2.32 bits per heavy atom. The SMILES string of the molecule is O=S(=O)(c1ccc(Nc2ccc(Cl)cc2)nc1)N1CCCC1. The topological polar surface area (TPSA) is 62.3 Å². The molecule has 22 heavy (non-hydrogen) atoms. The van der Waals surface area contributed by atoms with Gasteiger partial charge in [0.05, 0.1) is 0 Å². The van der Waals surface area contributed by atoms with E-state index in [0.29, 0.717) is 23.9 Å². The fourth-order valence-corrected chi connectivity index (χ4v) is 3.95. The number of hydrogen-bond donors (Lipinski definition) is 1. The predicted octanol–water partition coefficient (Wildman–Crippen LogP) is 3.26.